The van der Waals surface area contributed by atoms with E-state index in [4.69, 9.17) is 91.9 Å². The van der Waals surface area contributed by atoms with Crippen LogP contribution in [0.4, 0.5) is 0 Å². The Morgan fingerprint density at radius 2 is 0.561 bits per heavy atom. The fraction of sp³-hybridized carbons (Fsp3) is 0.133. The Balaban J connectivity index is -0.000000387. The second-order valence-electron chi connectivity index (χ2n) is 10.2. The topological polar surface area (TPSA) is 526 Å². The van der Waals surface area contributed by atoms with Crippen molar-refractivity contribution in [1.29, 1.82) is 0 Å². The van der Waals surface area contributed by atoms with E-state index in [0.29, 0.717) is 23.0 Å². The van der Waals surface area contributed by atoms with E-state index in [9.17, 15) is 0 Å². The van der Waals surface area contributed by atoms with Crippen molar-refractivity contribution in [3.63, 3.8) is 0 Å². The number of hydrogen-bond acceptors (Lipinski definition) is 28. The fourth-order valence-corrected chi connectivity index (χ4v) is 3.56. The average Bonchev–Trinajstić information content (AvgIpc) is 3.20. The van der Waals surface area contributed by atoms with Crippen molar-refractivity contribution in [1.82, 2.24) is 50.3 Å². The summed E-state index contributed by atoms with van der Waals surface area (Å²) in [6, 6.07) is 22.9. The summed E-state index contributed by atoms with van der Waals surface area (Å²) >= 11 is 0. The molecule has 66 heavy (non-hydrogen) atoms. The van der Waals surface area contributed by atoms with Crippen LogP contribution >= 0.6 is 0 Å². The van der Waals surface area contributed by atoms with Gasteiger partial charge in [-0.05, 0) is 76.2 Å². The van der Waals surface area contributed by atoms with Gasteiger partial charge in [-0.1, -0.05) is 24.3 Å². The molecule has 34 nitrogen and oxygen atoms in total. The van der Waals surface area contributed by atoms with Crippen LogP contribution in [0.3, 0.4) is 0 Å². The molecular weight excluding hydrogens is 1160 g/mol. The first-order valence-corrected chi connectivity index (χ1v) is 15.9. The van der Waals surface area contributed by atoms with Gasteiger partial charge in [0.05, 0.1) is 76.1 Å². The van der Waals surface area contributed by atoms with Crippen LogP contribution in [0.25, 0.3) is 45.8 Å². The molecule has 0 amide bonds. The third kappa shape index (κ3) is 35.0. The SMILES string of the molecule is Cc1nnc(-c2cccc(-c3ccccn3)n2)nc1C.Cc1nnc(-c2cccc(-c3ccccn3)n2)nc1C.O=[N+]([O-])[O-].O=[N+]([O-])[O-].O=[N+]([O-])[O-].O=[N+]([O-])[O-].O=[N+]([O-])[O-].O=[N+]([O-])[O-].[Nd+3].[Nd+3]. The van der Waals surface area contributed by atoms with Crippen molar-refractivity contribution in [2.24, 2.45) is 0 Å². The largest absolute Gasteiger partial charge is 3.00 e. The maximum Gasteiger partial charge on any atom is 3.00 e. The summed E-state index contributed by atoms with van der Waals surface area (Å²) in [6.07, 6.45) is 3.50. The molecule has 0 aliphatic rings. The maximum atomic E-state index is 8.25. The van der Waals surface area contributed by atoms with Crippen molar-refractivity contribution >= 4 is 0 Å². The quantitative estimate of drug-likeness (QED) is 0.179. The van der Waals surface area contributed by atoms with E-state index < -0.39 is 30.5 Å². The minimum absolute atomic E-state index is 0. The van der Waals surface area contributed by atoms with Gasteiger partial charge in [0.1, 0.15) is 11.4 Å². The van der Waals surface area contributed by atoms with Crippen LogP contribution in [0, 0.1) is 201 Å². The van der Waals surface area contributed by atoms with Crippen LogP contribution in [0.2, 0.25) is 0 Å². The summed E-state index contributed by atoms with van der Waals surface area (Å²) in [5, 5.41) is 105. The zero-order chi connectivity index (χ0) is 49.4. The Morgan fingerprint density at radius 1 is 0.318 bits per heavy atom. The number of pyridine rings is 4. The van der Waals surface area contributed by atoms with Crippen LogP contribution in [0.15, 0.2) is 85.2 Å². The third-order valence-electron chi connectivity index (χ3n) is 5.99. The first kappa shape index (κ1) is 65.1. The summed E-state index contributed by atoms with van der Waals surface area (Å²) in [5.41, 5.74) is 8.02. The number of aromatic nitrogens is 10. The Kier molecular flexibility index (Phi) is 36.5. The van der Waals surface area contributed by atoms with Gasteiger partial charge < -0.3 is 91.9 Å². The molecule has 0 aromatic carbocycles. The zero-order valence-electron chi connectivity index (χ0n) is 33.6. The molecule has 0 aliphatic heterocycles. The second-order valence-corrected chi connectivity index (χ2v) is 10.2. The number of nitrogens with zero attached hydrogens (tertiary/aromatic N) is 16. The molecule has 6 aromatic rings. The summed E-state index contributed by atoms with van der Waals surface area (Å²) in [7, 11) is 0. The van der Waals surface area contributed by atoms with Crippen molar-refractivity contribution < 1.29 is 112 Å². The van der Waals surface area contributed by atoms with E-state index in [0.717, 1.165) is 45.6 Å². The summed E-state index contributed by atoms with van der Waals surface area (Å²) < 4.78 is 0. The van der Waals surface area contributed by atoms with E-state index in [1.165, 1.54) is 0 Å². The molecule has 0 N–H and O–H groups in total. The predicted molar refractivity (Wildman–Crippen MR) is 214 cm³/mol. The Labute approximate surface area is 432 Å². The van der Waals surface area contributed by atoms with Crippen molar-refractivity contribution in [2.75, 3.05) is 0 Å². The fourth-order valence-electron chi connectivity index (χ4n) is 3.56. The van der Waals surface area contributed by atoms with Gasteiger partial charge >= 0.3 is 81.7 Å². The Morgan fingerprint density at radius 3 is 0.788 bits per heavy atom. The molecule has 6 aromatic heterocycles. The molecule has 2 radical (unpaired) electrons. The smallest absolute Gasteiger partial charge is 0.356 e. The minimum Gasteiger partial charge on any atom is -0.356 e. The molecule has 0 spiro atoms. The van der Waals surface area contributed by atoms with Crippen LogP contribution < -0.4 is 0 Å². The monoisotopic (exact) mass is 1180 g/mol. The van der Waals surface area contributed by atoms with E-state index in [1.54, 1.807) is 12.4 Å². The maximum absolute atomic E-state index is 8.25. The predicted octanol–water partition coefficient (Wildman–Crippen LogP) is 3.79. The van der Waals surface area contributed by atoms with Gasteiger partial charge in [0.2, 0.25) is 11.6 Å². The molecule has 0 fully saturated rings. The molecule has 0 atom stereocenters. The van der Waals surface area contributed by atoms with Crippen molar-refractivity contribution in [3.8, 4) is 45.8 Å². The molecule has 342 valence electrons. The van der Waals surface area contributed by atoms with Gasteiger partial charge in [-0.3, -0.25) is 9.97 Å². The van der Waals surface area contributed by atoms with Gasteiger partial charge in [0.15, 0.2) is 0 Å². The van der Waals surface area contributed by atoms with Crippen LogP contribution in [0.1, 0.15) is 22.8 Å². The van der Waals surface area contributed by atoms with Gasteiger partial charge in [0.25, 0.3) is 0 Å². The normalized spacial score (nSPS) is 8.55. The van der Waals surface area contributed by atoms with E-state index in [2.05, 4.69) is 50.3 Å². The molecular formula is C30H26N16Nd2O18. The molecule has 0 saturated carbocycles. The van der Waals surface area contributed by atoms with Gasteiger partial charge in [-0.15, -0.1) is 10.2 Å². The van der Waals surface area contributed by atoms with Crippen LogP contribution in [0.5, 0.6) is 0 Å². The van der Waals surface area contributed by atoms with E-state index in [-0.39, 0.29) is 81.7 Å². The van der Waals surface area contributed by atoms with Gasteiger partial charge in [0, 0.05) is 12.4 Å². The van der Waals surface area contributed by atoms with Gasteiger partial charge in [-0.25, -0.2) is 19.9 Å². The third-order valence-corrected chi connectivity index (χ3v) is 5.99. The Bertz CT molecular complexity index is 2170. The zero-order valence-corrected chi connectivity index (χ0v) is 40.0. The molecule has 6 rings (SSSR count). The molecule has 36 heteroatoms. The molecule has 0 bridgehead atoms. The summed E-state index contributed by atoms with van der Waals surface area (Å²) in [6.45, 7) is 7.60. The minimum atomic E-state index is -1.75. The standard InChI is InChI=1S/2C15H13N5.6NO3.2Nd/c2*1-10-11(2)19-20-15(17-10)14-8-5-7-13(18-14)12-6-3-4-9-16-12;6*2-1(3)4;;/h2*3-9H,1-2H3;;;;;;;;/q;;6*-1;2*+3. The first-order valence-electron chi connectivity index (χ1n) is 15.9. The van der Waals surface area contributed by atoms with E-state index in [1.807, 2.05) is 100 Å². The van der Waals surface area contributed by atoms with E-state index >= 15 is 0 Å². The summed E-state index contributed by atoms with van der Waals surface area (Å²) in [4.78, 5) is 76.0. The number of rotatable bonds is 4. The molecule has 0 unspecified atom stereocenters. The summed E-state index contributed by atoms with van der Waals surface area (Å²) in [5.74, 6) is 1.07. The molecule has 0 saturated heterocycles. The average molecular weight is 1190 g/mol. The van der Waals surface area contributed by atoms with Gasteiger partial charge in [-0.2, -0.15) is 10.2 Å². The number of aryl methyl sites for hydroxylation is 4. The number of hydrogen-bond donors (Lipinski definition) is 0. The van der Waals surface area contributed by atoms with Crippen LogP contribution in [-0.4, -0.2) is 80.8 Å². The molecule has 0 aliphatic carbocycles. The van der Waals surface area contributed by atoms with Crippen molar-refractivity contribution in [2.45, 2.75) is 27.7 Å². The molecule has 6 heterocycles. The Hall–Kier alpha value is -7.48. The first-order chi connectivity index (χ1) is 29.9. The van der Waals surface area contributed by atoms with Crippen LogP contribution in [-0.2, 0) is 0 Å². The van der Waals surface area contributed by atoms with Crippen molar-refractivity contribution in [3.05, 3.63) is 200 Å². The second kappa shape index (κ2) is 36.9.